The Bertz CT molecular complexity index is 1020. The molecule has 0 aliphatic carbocycles. The van der Waals surface area contributed by atoms with Crippen molar-refractivity contribution in [1.29, 1.82) is 0 Å². The number of methoxy groups -OCH3 is 1. The monoisotopic (exact) mass is 405 g/mol. The van der Waals surface area contributed by atoms with Gasteiger partial charge in [0.05, 0.1) is 7.11 Å². The van der Waals surface area contributed by atoms with Crippen LogP contribution in [-0.4, -0.2) is 36.1 Å². The van der Waals surface area contributed by atoms with E-state index in [0.29, 0.717) is 30.4 Å². The average Bonchev–Trinajstić information content (AvgIpc) is 2.73. The summed E-state index contributed by atoms with van der Waals surface area (Å²) in [5.74, 6) is 1.90. The number of amides is 1. The van der Waals surface area contributed by atoms with Gasteiger partial charge in [0.2, 0.25) is 5.95 Å². The second-order valence-corrected chi connectivity index (χ2v) is 7.05. The standard InChI is InChI=1S/C23H27N5O2/c1-15-5-6-18(13-16(15)2)22(29)24-11-12-25-23-26-17(3)14-21(28-23)27-19-7-9-20(30-4)10-8-19/h5-10,13-14H,11-12H2,1-4H3,(H,24,29)(H2,25,26,27,28). The van der Waals surface area contributed by atoms with Crippen LogP contribution >= 0.6 is 0 Å². The quantitative estimate of drug-likeness (QED) is 0.491. The molecule has 0 bridgehead atoms. The van der Waals surface area contributed by atoms with Crippen LogP contribution in [0.15, 0.2) is 48.5 Å². The van der Waals surface area contributed by atoms with E-state index in [-0.39, 0.29) is 5.91 Å². The summed E-state index contributed by atoms with van der Waals surface area (Å²) in [5.41, 5.74) is 4.67. The Hall–Kier alpha value is -3.61. The highest BCUT2D eigenvalue weighted by molar-refractivity contribution is 5.94. The zero-order valence-corrected chi connectivity index (χ0v) is 17.7. The predicted molar refractivity (Wildman–Crippen MR) is 120 cm³/mol. The molecule has 3 N–H and O–H groups in total. The summed E-state index contributed by atoms with van der Waals surface area (Å²) in [6.45, 7) is 6.92. The molecule has 3 rings (SSSR count). The lowest BCUT2D eigenvalue weighted by Crippen LogP contribution is -2.29. The van der Waals surface area contributed by atoms with Crippen molar-refractivity contribution in [2.24, 2.45) is 0 Å². The van der Waals surface area contributed by atoms with Gasteiger partial charge in [0.25, 0.3) is 5.91 Å². The van der Waals surface area contributed by atoms with Gasteiger partial charge in [-0.15, -0.1) is 0 Å². The van der Waals surface area contributed by atoms with Gasteiger partial charge >= 0.3 is 0 Å². The van der Waals surface area contributed by atoms with Crippen LogP contribution in [0.2, 0.25) is 0 Å². The van der Waals surface area contributed by atoms with E-state index < -0.39 is 0 Å². The number of hydrogen-bond acceptors (Lipinski definition) is 6. The number of carbonyl (C=O) groups excluding carboxylic acids is 1. The highest BCUT2D eigenvalue weighted by atomic mass is 16.5. The molecule has 0 aliphatic heterocycles. The van der Waals surface area contributed by atoms with Crippen molar-refractivity contribution in [1.82, 2.24) is 15.3 Å². The Labute approximate surface area is 176 Å². The summed E-state index contributed by atoms with van der Waals surface area (Å²) in [5, 5.41) is 9.33. The van der Waals surface area contributed by atoms with E-state index in [9.17, 15) is 4.79 Å². The number of ether oxygens (including phenoxy) is 1. The molecule has 1 amide bonds. The van der Waals surface area contributed by atoms with Crippen molar-refractivity contribution < 1.29 is 9.53 Å². The fourth-order valence-corrected chi connectivity index (χ4v) is 2.87. The molecule has 0 unspecified atom stereocenters. The molecule has 30 heavy (non-hydrogen) atoms. The number of nitrogens with zero attached hydrogens (tertiary/aromatic N) is 2. The topological polar surface area (TPSA) is 88.2 Å². The first kappa shape index (κ1) is 21.1. The molecule has 7 nitrogen and oxygen atoms in total. The third kappa shape index (κ3) is 5.70. The molecule has 1 heterocycles. The predicted octanol–water partition coefficient (Wildman–Crippen LogP) is 4.00. The van der Waals surface area contributed by atoms with Crippen molar-refractivity contribution >= 4 is 23.4 Å². The third-order valence-corrected chi connectivity index (χ3v) is 4.68. The number of rotatable bonds is 8. The lowest BCUT2D eigenvalue weighted by atomic mass is 10.1. The van der Waals surface area contributed by atoms with Crippen LogP contribution in [0.25, 0.3) is 0 Å². The van der Waals surface area contributed by atoms with E-state index in [0.717, 1.165) is 22.7 Å². The summed E-state index contributed by atoms with van der Waals surface area (Å²) in [6.07, 6.45) is 0. The van der Waals surface area contributed by atoms with E-state index in [2.05, 4.69) is 25.9 Å². The summed E-state index contributed by atoms with van der Waals surface area (Å²) >= 11 is 0. The van der Waals surface area contributed by atoms with Crippen LogP contribution in [0.3, 0.4) is 0 Å². The van der Waals surface area contributed by atoms with Gasteiger partial charge in [-0.3, -0.25) is 4.79 Å². The Morgan fingerprint density at radius 2 is 1.70 bits per heavy atom. The van der Waals surface area contributed by atoms with Gasteiger partial charge in [0.15, 0.2) is 0 Å². The van der Waals surface area contributed by atoms with Crippen molar-refractivity contribution in [3.8, 4) is 5.75 Å². The van der Waals surface area contributed by atoms with Crippen LogP contribution < -0.4 is 20.7 Å². The normalized spacial score (nSPS) is 10.4. The van der Waals surface area contributed by atoms with E-state index in [1.165, 1.54) is 5.56 Å². The van der Waals surface area contributed by atoms with Gasteiger partial charge in [-0.05, 0) is 68.3 Å². The molecular formula is C23H27N5O2. The lowest BCUT2D eigenvalue weighted by molar-refractivity contribution is 0.0955. The number of anilines is 3. The first-order chi connectivity index (χ1) is 14.4. The van der Waals surface area contributed by atoms with E-state index in [1.807, 2.05) is 69.3 Å². The number of hydrogen-bond donors (Lipinski definition) is 3. The highest BCUT2D eigenvalue weighted by Gasteiger charge is 2.07. The Morgan fingerprint density at radius 3 is 2.40 bits per heavy atom. The molecule has 7 heteroatoms. The largest absolute Gasteiger partial charge is 0.497 e. The number of aryl methyl sites for hydroxylation is 3. The second-order valence-electron chi connectivity index (χ2n) is 7.05. The van der Waals surface area contributed by atoms with E-state index in [1.54, 1.807) is 7.11 Å². The molecule has 0 saturated carbocycles. The highest BCUT2D eigenvalue weighted by Crippen LogP contribution is 2.20. The van der Waals surface area contributed by atoms with Gasteiger partial charge in [-0.25, -0.2) is 4.98 Å². The number of aromatic nitrogens is 2. The summed E-state index contributed by atoms with van der Waals surface area (Å²) in [6, 6.07) is 15.2. The smallest absolute Gasteiger partial charge is 0.251 e. The number of carbonyl (C=O) groups is 1. The first-order valence-corrected chi connectivity index (χ1v) is 9.80. The number of benzene rings is 2. The van der Waals surface area contributed by atoms with Crippen molar-refractivity contribution in [3.63, 3.8) is 0 Å². The first-order valence-electron chi connectivity index (χ1n) is 9.80. The molecule has 2 aromatic carbocycles. The van der Waals surface area contributed by atoms with E-state index in [4.69, 9.17) is 4.74 Å². The molecule has 3 aromatic rings. The zero-order chi connectivity index (χ0) is 21.5. The molecule has 156 valence electrons. The summed E-state index contributed by atoms with van der Waals surface area (Å²) < 4.78 is 5.18. The lowest BCUT2D eigenvalue weighted by Gasteiger charge is -2.11. The maximum Gasteiger partial charge on any atom is 0.251 e. The fourth-order valence-electron chi connectivity index (χ4n) is 2.87. The Kier molecular flexibility index (Phi) is 6.85. The van der Waals surface area contributed by atoms with Crippen LogP contribution in [0, 0.1) is 20.8 Å². The van der Waals surface area contributed by atoms with Crippen LogP contribution in [0.5, 0.6) is 5.75 Å². The minimum Gasteiger partial charge on any atom is -0.497 e. The molecule has 0 saturated heterocycles. The number of nitrogens with one attached hydrogen (secondary N) is 3. The zero-order valence-electron chi connectivity index (χ0n) is 17.7. The molecule has 0 fully saturated rings. The van der Waals surface area contributed by atoms with Gasteiger partial charge < -0.3 is 20.7 Å². The average molecular weight is 406 g/mol. The molecular weight excluding hydrogens is 378 g/mol. The van der Waals surface area contributed by atoms with Crippen molar-refractivity contribution in [2.45, 2.75) is 20.8 Å². The van der Waals surface area contributed by atoms with Crippen molar-refractivity contribution in [2.75, 3.05) is 30.8 Å². The maximum atomic E-state index is 12.3. The molecule has 0 atom stereocenters. The molecule has 0 radical (unpaired) electrons. The van der Waals surface area contributed by atoms with Crippen LogP contribution in [0.1, 0.15) is 27.2 Å². The van der Waals surface area contributed by atoms with Gasteiger partial charge in [0.1, 0.15) is 11.6 Å². The molecule has 0 spiro atoms. The van der Waals surface area contributed by atoms with Gasteiger partial charge in [-0.2, -0.15) is 4.98 Å². The maximum absolute atomic E-state index is 12.3. The van der Waals surface area contributed by atoms with Crippen molar-refractivity contribution in [3.05, 3.63) is 70.9 Å². The Morgan fingerprint density at radius 1 is 0.933 bits per heavy atom. The SMILES string of the molecule is COc1ccc(Nc2cc(C)nc(NCCNC(=O)c3ccc(C)c(C)c3)n2)cc1. The van der Waals surface area contributed by atoms with Crippen LogP contribution in [-0.2, 0) is 0 Å². The molecule has 0 aliphatic rings. The molecule has 1 aromatic heterocycles. The Balaban J connectivity index is 1.53. The third-order valence-electron chi connectivity index (χ3n) is 4.68. The second kappa shape index (κ2) is 9.73. The summed E-state index contributed by atoms with van der Waals surface area (Å²) in [7, 11) is 1.64. The fraction of sp³-hybridized carbons (Fsp3) is 0.261. The summed E-state index contributed by atoms with van der Waals surface area (Å²) in [4.78, 5) is 21.2. The van der Waals surface area contributed by atoms with E-state index >= 15 is 0 Å². The van der Waals surface area contributed by atoms with Gasteiger partial charge in [-0.1, -0.05) is 6.07 Å². The van der Waals surface area contributed by atoms with Crippen LogP contribution in [0.4, 0.5) is 17.5 Å². The minimum absolute atomic E-state index is 0.0908. The van der Waals surface area contributed by atoms with Gasteiger partial charge in [0, 0.05) is 36.1 Å². The minimum atomic E-state index is -0.0908.